The van der Waals surface area contributed by atoms with E-state index < -0.39 is 19.9 Å². The molecule has 282 valence electrons. The second-order valence-electron chi connectivity index (χ2n) is 12.9. The first-order chi connectivity index (χ1) is 24.8. The fourth-order valence-corrected chi connectivity index (χ4v) is 8.52. The molecule has 1 saturated heterocycles. The van der Waals surface area contributed by atoms with E-state index in [-0.39, 0.29) is 29.0 Å². The van der Waals surface area contributed by atoms with Gasteiger partial charge in [-0.25, -0.2) is 31.8 Å². The number of nitrogens with zero attached hydrogens (tertiary/aromatic N) is 6. The first kappa shape index (κ1) is 39.8. The lowest BCUT2D eigenvalue weighted by Gasteiger charge is -2.37. The standard InChI is InChI=1S/C36H42N8O5S3.ClH/c1-24(2)35-41-33(26-8-6-9-27(21-26)42-52(47,48)28-10-7-12-37-23-28)34(50-35)29-11-13-38-36(39-29)40-30-20-25(3)31(22-32(30)49-4)44-16-14-43(15-17-44)18-19-51(5,45)46;/h6-13,20-24,42H,14-19H2,1-5H3,(H,38,39,40);1H. The third kappa shape index (κ3) is 9.80. The van der Waals surface area contributed by atoms with Crippen molar-refractivity contribution in [3.63, 3.8) is 0 Å². The third-order valence-electron chi connectivity index (χ3n) is 8.61. The van der Waals surface area contributed by atoms with Crippen molar-refractivity contribution in [2.45, 2.75) is 31.6 Å². The summed E-state index contributed by atoms with van der Waals surface area (Å²) >= 11 is 1.54. The lowest BCUT2D eigenvalue weighted by Crippen LogP contribution is -2.47. The van der Waals surface area contributed by atoms with Crippen LogP contribution in [0.2, 0.25) is 0 Å². The number of pyridine rings is 1. The molecule has 1 aliphatic heterocycles. The number of hydrogen-bond acceptors (Lipinski definition) is 13. The highest BCUT2D eigenvalue weighted by Crippen LogP contribution is 2.40. The molecule has 1 fully saturated rings. The van der Waals surface area contributed by atoms with Crippen molar-refractivity contribution < 1.29 is 21.6 Å². The van der Waals surface area contributed by atoms with Crippen LogP contribution in [0.4, 0.5) is 23.0 Å². The number of ether oxygens (including phenoxy) is 1. The van der Waals surface area contributed by atoms with E-state index in [4.69, 9.17) is 14.7 Å². The van der Waals surface area contributed by atoms with Crippen LogP contribution in [-0.2, 0) is 19.9 Å². The summed E-state index contributed by atoms with van der Waals surface area (Å²) < 4.78 is 57.8. The normalized spacial score (nSPS) is 13.8. The summed E-state index contributed by atoms with van der Waals surface area (Å²) in [6.07, 6.45) is 5.80. The molecule has 17 heteroatoms. The molecule has 0 unspecified atom stereocenters. The molecule has 0 aliphatic carbocycles. The van der Waals surface area contributed by atoms with Gasteiger partial charge in [0.1, 0.15) is 20.5 Å². The van der Waals surface area contributed by atoms with E-state index in [0.29, 0.717) is 41.0 Å². The highest BCUT2D eigenvalue weighted by molar-refractivity contribution is 7.92. The lowest BCUT2D eigenvalue weighted by atomic mass is 10.1. The Hall–Kier alpha value is -4.35. The van der Waals surface area contributed by atoms with E-state index in [1.54, 1.807) is 37.6 Å². The van der Waals surface area contributed by atoms with Crippen LogP contribution in [0.3, 0.4) is 0 Å². The number of hydrogen-bond donors (Lipinski definition) is 2. The summed E-state index contributed by atoms with van der Waals surface area (Å²) in [5.74, 6) is 1.34. The van der Waals surface area contributed by atoms with Gasteiger partial charge in [0, 0.05) is 86.5 Å². The molecule has 2 N–H and O–H groups in total. The van der Waals surface area contributed by atoms with Crippen molar-refractivity contribution >= 4 is 66.6 Å². The first-order valence-corrected chi connectivity index (χ1v) is 21.1. The molecule has 13 nitrogen and oxygen atoms in total. The van der Waals surface area contributed by atoms with Crippen LogP contribution in [0.15, 0.2) is 78.1 Å². The average Bonchev–Trinajstić information content (AvgIpc) is 3.58. The number of piperazine rings is 1. The van der Waals surface area contributed by atoms with E-state index in [9.17, 15) is 16.8 Å². The average molecular weight is 799 g/mol. The molecule has 4 heterocycles. The molecule has 0 bridgehead atoms. The van der Waals surface area contributed by atoms with E-state index in [1.807, 2.05) is 24.3 Å². The number of sulfonamides is 1. The third-order valence-corrected chi connectivity index (χ3v) is 12.3. The molecule has 53 heavy (non-hydrogen) atoms. The zero-order valence-electron chi connectivity index (χ0n) is 30.1. The lowest BCUT2D eigenvalue weighted by molar-refractivity contribution is 0.272. The summed E-state index contributed by atoms with van der Waals surface area (Å²) in [7, 11) is -5.21. The van der Waals surface area contributed by atoms with Crippen LogP contribution < -0.4 is 19.7 Å². The van der Waals surface area contributed by atoms with Gasteiger partial charge < -0.3 is 15.0 Å². The Labute approximate surface area is 321 Å². The minimum Gasteiger partial charge on any atom is -0.494 e. The van der Waals surface area contributed by atoms with Gasteiger partial charge in [-0.1, -0.05) is 26.0 Å². The minimum atomic E-state index is -3.84. The Balaban J connectivity index is 0.00000541. The molecular formula is C36H43ClN8O5S3. The van der Waals surface area contributed by atoms with Crippen LogP contribution in [0.5, 0.6) is 5.75 Å². The van der Waals surface area contributed by atoms with Crippen LogP contribution in [0, 0.1) is 6.92 Å². The number of aromatic nitrogens is 4. The Bertz CT molecular complexity index is 2260. The maximum Gasteiger partial charge on any atom is 0.263 e. The van der Waals surface area contributed by atoms with Gasteiger partial charge in [0.2, 0.25) is 5.95 Å². The molecule has 0 saturated carbocycles. The molecule has 2 aromatic carbocycles. The van der Waals surface area contributed by atoms with Crippen molar-refractivity contribution in [2.24, 2.45) is 0 Å². The number of sulfone groups is 1. The Kier molecular flexibility index (Phi) is 12.6. The Morgan fingerprint density at radius 2 is 1.74 bits per heavy atom. The molecule has 1 aliphatic rings. The van der Waals surface area contributed by atoms with Gasteiger partial charge in [0.15, 0.2) is 0 Å². The zero-order valence-corrected chi connectivity index (χ0v) is 33.4. The number of methoxy groups -OCH3 is 1. The second kappa shape index (κ2) is 16.8. The molecule has 5 aromatic rings. The van der Waals surface area contributed by atoms with Crippen LogP contribution in [0.1, 0.15) is 30.3 Å². The summed E-state index contributed by atoms with van der Waals surface area (Å²) in [5.41, 5.74) is 5.32. The SMILES string of the molecule is COc1cc(N2CCN(CCS(C)(=O)=O)CC2)c(C)cc1Nc1nccc(-c2sc(C(C)C)nc2-c2cccc(NS(=O)(=O)c3cccnc3)c2)n1.Cl. The van der Waals surface area contributed by atoms with Crippen molar-refractivity contribution in [3.8, 4) is 27.6 Å². The Morgan fingerprint density at radius 3 is 2.42 bits per heavy atom. The van der Waals surface area contributed by atoms with E-state index in [1.165, 1.54) is 36.1 Å². The van der Waals surface area contributed by atoms with Crippen molar-refractivity contribution in [1.82, 2.24) is 24.8 Å². The number of aryl methyl sites for hydroxylation is 1. The summed E-state index contributed by atoms with van der Waals surface area (Å²) in [6.45, 7) is 9.86. The van der Waals surface area contributed by atoms with Gasteiger partial charge in [0.05, 0.1) is 39.8 Å². The van der Waals surface area contributed by atoms with E-state index in [2.05, 4.69) is 50.6 Å². The summed E-state index contributed by atoms with van der Waals surface area (Å²) in [4.78, 5) is 23.7. The quantitative estimate of drug-likeness (QED) is 0.138. The van der Waals surface area contributed by atoms with Crippen molar-refractivity contribution in [3.05, 3.63) is 83.8 Å². The van der Waals surface area contributed by atoms with Gasteiger partial charge in [-0.3, -0.25) is 14.6 Å². The van der Waals surface area contributed by atoms with E-state index >= 15 is 0 Å². The molecular weight excluding hydrogens is 756 g/mol. The van der Waals surface area contributed by atoms with Gasteiger partial charge in [-0.05, 0) is 48.9 Å². The maximum atomic E-state index is 13.0. The van der Waals surface area contributed by atoms with Gasteiger partial charge >= 0.3 is 0 Å². The molecule has 0 atom stereocenters. The topological polar surface area (TPSA) is 160 Å². The fraction of sp³-hybridized carbons (Fsp3) is 0.333. The number of rotatable bonds is 13. The predicted molar refractivity (Wildman–Crippen MR) is 214 cm³/mol. The first-order valence-electron chi connectivity index (χ1n) is 16.8. The molecule has 3 aromatic heterocycles. The molecule has 0 spiro atoms. The van der Waals surface area contributed by atoms with Gasteiger partial charge in [0.25, 0.3) is 10.0 Å². The van der Waals surface area contributed by atoms with Gasteiger partial charge in [-0.2, -0.15) is 0 Å². The second-order valence-corrected chi connectivity index (χ2v) is 17.9. The summed E-state index contributed by atoms with van der Waals surface area (Å²) in [6, 6.07) is 16.1. The maximum absolute atomic E-state index is 13.0. The Morgan fingerprint density at radius 1 is 0.962 bits per heavy atom. The number of benzene rings is 2. The fourth-order valence-electron chi connectivity index (χ4n) is 5.86. The number of thiazole rings is 1. The predicted octanol–water partition coefficient (Wildman–Crippen LogP) is 6.24. The number of anilines is 4. The van der Waals surface area contributed by atoms with Crippen LogP contribution in [0.25, 0.3) is 21.8 Å². The molecule has 6 rings (SSSR count). The molecule has 0 amide bonds. The van der Waals surface area contributed by atoms with Crippen LogP contribution >= 0.6 is 23.7 Å². The monoisotopic (exact) mass is 798 g/mol. The smallest absolute Gasteiger partial charge is 0.263 e. The zero-order chi connectivity index (χ0) is 37.0. The van der Waals surface area contributed by atoms with Crippen molar-refractivity contribution in [1.29, 1.82) is 0 Å². The van der Waals surface area contributed by atoms with Gasteiger partial charge in [-0.15, -0.1) is 23.7 Å². The van der Waals surface area contributed by atoms with E-state index in [0.717, 1.165) is 52.9 Å². The number of nitrogens with one attached hydrogen (secondary N) is 2. The highest BCUT2D eigenvalue weighted by Gasteiger charge is 2.23. The minimum absolute atomic E-state index is 0. The molecule has 0 radical (unpaired) electrons. The largest absolute Gasteiger partial charge is 0.494 e. The van der Waals surface area contributed by atoms with Crippen LogP contribution in [-0.4, -0.2) is 93.5 Å². The highest BCUT2D eigenvalue weighted by atomic mass is 35.5. The number of halogens is 1. The summed E-state index contributed by atoms with van der Waals surface area (Å²) in [5, 5.41) is 4.27. The van der Waals surface area contributed by atoms with Crippen molar-refractivity contribution in [2.75, 3.05) is 66.8 Å².